The molecule has 2 amide bonds. The maximum absolute atomic E-state index is 12.1. The number of urea groups is 1. The SMILES string of the molecule is O=C(O)C(NC(=O)N1CCCC(CO)C1)c1cccs1. The molecule has 1 saturated heterocycles. The van der Waals surface area contributed by atoms with Gasteiger partial charge in [-0.3, -0.25) is 0 Å². The molecule has 0 spiro atoms. The van der Waals surface area contributed by atoms with Gasteiger partial charge in [0.15, 0.2) is 6.04 Å². The third kappa shape index (κ3) is 3.49. The van der Waals surface area contributed by atoms with Crippen molar-refractivity contribution in [3.63, 3.8) is 0 Å². The van der Waals surface area contributed by atoms with Crippen LogP contribution in [0.2, 0.25) is 0 Å². The lowest BCUT2D eigenvalue weighted by Crippen LogP contribution is -2.48. The fourth-order valence-corrected chi connectivity index (χ4v) is 3.09. The molecule has 6 nitrogen and oxygen atoms in total. The molecule has 1 fully saturated rings. The van der Waals surface area contributed by atoms with Crippen molar-refractivity contribution in [3.8, 4) is 0 Å². The van der Waals surface area contributed by atoms with Crippen LogP contribution in [0.25, 0.3) is 0 Å². The van der Waals surface area contributed by atoms with Crippen molar-refractivity contribution in [3.05, 3.63) is 22.4 Å². The fourth-order valence-electron chi connectivity index (χ4n) is 2.32. The minimum absolute atomic E-state index is 0.0526. The molecule has 0 saturated carbocycles. The predicted octanol–water partition coefficient (Wildman–Crippen LogP) is 1.29. The van der Waals surface area contributed by atoms with Crippen LogP contribution < -0.4 is 5.32 Å². The van der Waals surface area contributed by atoms with Gasteiger partial charge < -0.3 is 20.4 Å². The highest BCUT2D eigenvalue weighted by Gasteiger charge is 2.28. The van der Waals surface area contributed by atoms with Gasteiger partial charge in [0, 0.05) is 24.6 Å². The Labute approximate surface area is 121 Å². The van der Waals surface area contributed by atoms with Crippen LogP contribution in [0, 0.1) is 5.92 Å². The summed E-state index contributed by atoms with van der Waals surface area (Å²) in [5.74, 6) is -0.990. The maximum atomic E-state index is 12.1. The van der Waals surface area contributed by atoms with Gasteiger partial charge in [-0.2, -0.15) is 0 Å². The molecule has 2 unspecified atom stereocenters. The summed E-state index contributed by atoms with van der Waals surface area (Å²) in [6, 6.07) is 2.04. The molecule has 0 radical (unpaired) electrons. The Morgan fingerprint density at radius 1 is 1.55 bits per heavy atom. The Morgan fingerprint density at radius 2 is 2.35 bits per heavy atom. The van der Waals surface area contributed by atoms with Crippen LogP contribution in [0.4, 0.5) is 4.79 Å². The number of aliphatic carboxylic acids is 1. The third-order valence-corrected chi connectivity index (χ3v) is 4.34. The highest BCUT2D eigenvalue weighted by Crippen LogP contribution is 2.21. The second-order valence-corrected chi connectivity index (χ2v) is 5.85. The van der Waals surface area contributed by atoms with Crippen molar-refractivity contribution in [1.29, 1.82) is 0 Å². The number of amides is 2. The first-order valence-electron chi connectivity index (χ1n) is 6.54. The third-order valence-electron chi connectivity index (χ3n) is 3.41. The molecule has 1 aliphatic rings. The van der Waals surface area contributed by atoms with Crippen LogP contribution in [0.5, 0.6) is 0 Å². The molecule has 0 aliphatic carbocycles. The van der Waals surface area contributed by atoms with Crippen LogP contribution >= 0.6 is 11.3 Å². The van der Waals surface area contributed by atoms with E-state index in [1.54, 1.807) is 22.4 Å². The first kappa shape index (κ1) is 14.8. The number of hydrogen-bond donors (Lipinski definition) is 3. The highest BCUT2D eigenvalue weighted by atomic mass is 32.1. The van der Waals surface area contributed by atoms with Crippen molar-refractivity contribution in [2.45, 2.75) is 18.9 Å². The Hall–Kier alpha value is -1.60. The van der Waals surface area contributed by atoms with Crippen molar-refractivity contribution in [2.75, 3.05) is 19.7 Å². The lowest BCUT2D eigenvalue weighted by Gasteiger charge is -2.32. The number of aliphatic hydroxyl groups excluding tert-OH is 1. The van der Waals surface area contributed by atoms with E-state index in [0.29, 0.717) is 18.0 Å². The number of carbonyl (C=O) groups excluding carboxylic acids is 1. The van der Waals surface area contributed by atoms with E-state index in [9.17, 15) is 14.7 Å². The standard InChI is InChI=1S/C13H18N2O4S/c16-8-9-3-1-5-15(7-9)13(19)14-11(12(17)18)10-4-2-6-20-10/h2,4,6,9,11,16H,1,3,5,7-8H2,(H,14,19)(H,17,18). The zero-order valence-electron chi connectivity index (χ0n) is 11.0. The number of rotatable bonds is 4. The van der Waals surface area contributed by atoms with E-state index < -0.39 is 12.0 Å². The predicted molar refractivity (Wildman–Crippen MR) is 74.6 cm³/mol. The Bertz CT molecular complexity index is 463. The Kier molecular flexibility index (Phi) is 4.97. The van der Waals surface area contributed by atoms with E-state index in [0.717, 1.165) is 12.8 Å². The number of piperidine rings is 1. The quantitative estimate of drug-likeness (QED) is 0.781. The number of nitrogens with zero attached hydrogens (tertiary/aromatic N) is 1. The molecular weight excluding hydrogens is 280 g/mol. The topological polar surface area (TPSA) is 89.9 Å². The van der Waals surface area contributed by atoms with Crippen LogP contribution in [-0.2, 0) is 4.79 Å². The molecule has 0 bridgehead atoms. The summed E-state index contributed by atoms with van der Waals surface area (Å²) in [6.45, 7) is 1.12. The van der Waals surface area contributed by atoms with E-state index in [2.05, 4.69) is 5.32 Å². The van der Waals surface area contributed by atoms with Crippen molar-refractivity contribution in [1.82, 2.24) is 10.2 Å². The average molecular weight is 298 g/mol. The van der Waals surface area contributed by atoms with Gasteiger partial charge in [0.2, 0.25) is 0 Å². The molecule has 1 aromatic heterocycles. The molecule has 2 rings (SSSR count). The fraction of sp³-hybridized carbons (Fsp3) is 0.538. The van der Waals surface area contributed by atoms with Crippen LogP contribution in [-0.4, -0.2) is 46.8 Å². The Morgan fingerprint density at radius 3 is 2.95 bits per heavy atom. The lowest BCUT2D eigenvalue weighted by atomic mass is 9.99. The van der Waals surface area contributed by atoms with E-state index in [-0.39, 0.29) is 18.6 Å². The molecule has 3 N–H and O–H groups in total. The van der Waals surface area contributed by atoms with Crippen LogP contribution in [0.1, 0.15) is 23.8 Å². The minimum atomic E-state index is -1.07. The summed E-state index contributed by atoms with van der Waals surface area (Å²) in [5.41, 5.74) is 0. The highest BCUT2D eigenvalue weighted by molar-refractivity contribution is 7.10. The lowest BCUT2D eigenvalue weighted by molar-refractivity contribution is -0.139. The van der Waals surface area contributed by atoms with Gasteiger partial charge in [-0.1, -0.05) is 6.07 Å². The van der Waals surface area contributed by atoms with Gasteiger partial charge in [-0.05, 0) is 30.2 Å². The summed E-state index contributed by atoms with van der Waals surface area (Å²) in [5, 5.41) is 22.7. The minimum Gasteiger partial charge on any atom is -0.479 e. The molecule has 2 heterocycles. The van der Waals surface area contributed by atoms with E-state index in [1.807, 2.05) is 0 Å². The number of thiophene rings is 1. The van der Waals surface area contributed by atoms with Gasteiger partial charge >= 0.3 is 12.0 Å². The number of aliphatic hydroxyl groups is 1. The molecule has 1 aromatic rings. The zero-order chi connectivity index (χ0) is 14.5. The number of likely N-dealkylation sites (tertiary alicyclic amines) is 1. The second-order valence-electron chi connectivity index (χ2n) is 4.87. The normalized spacial score (nSPS) is 20.4. The molecule has 20 heavy (non-hydrogen) atoms. The summed E-state index contributed by atoms with van der Waals surface area (Å²) >= 11 is 1.30. The van der Waals surface area contributed by atoms with Crippen molar-refractivity contribution >= 4 is 23.3 Å². The van der Waals surface area contributed by atoms with Crippen molar-refractivity contribution < 1.29 is 19.8 Å². The zero-order valence-corrected chi connectivity index (χ0v) is 11.8. The summed E-state index contributed by atoms with van der Waals surface area (Å²) < 4.78 is 0. The summed E-state index contributed by atoms with van der Waals surface area (Å²) in [4.78, 5) is 25.6. The van der Waals surface area contributed by atoms with Crippen molar-refractivity contribution in [2.24, 2.45) is 5.92 Å². The number of carbonyl (C=O) groups is 2. The number of hydrogen-bond acceptors (Lipinski definition) is 4. The van der Waals surface area contributed by atoms with Gasteiger partial charge in [0.05, 0.1) is 0 Å². The smallest absolute Gasteiger partial charge is 0.331 e. The van der Waals surface area contributed by atoms with Gasteiger partial charge in [-0.15, -0.1) is 11.3 Å². The largest absolute Gasteiger partial charge is 0.479 e. The first-order chi connectivity index (χ1) is 9.61. The molecule has 2 atom stereocenters. The average Bonchev–Trinajstić information content (AvgIpc) is 2.98. The monoisotopic (exact) mass is 298 g/mol. The molecule has 110 valence electrons. The van der Waals surface area contributed by atoms with Crippen LogP contribution in [0.15, 0.2) is 17.5 Å². The molecule has 1 aliphatic heterocycles. The van der Waals surface area contributed by atoms with E-state index >= 15 is 0 Å². The molecule has 7 heteroatoms. The van der Waals surface area contributed by atoms with Gasteiger partial charge in [0.25, 0.3) is 0 Å². The number of nitrogens with one attached hydrogen (secondary N) is 1. The van der Waals surface area contributed by atoms with Gasteiger partial charge in [-0.25, -0.2) is 9.59 Å². The van der Waals surface area contributed by atoms with Crippen LogP contribution in [0.3, 0.4) is 0 Å². The van der Waals surface area contributed by atoms with Gasteiger partial charge in [0.1, 0.15) is 0 Å². The number of carboxylic acid groups (broad SMARTS) is 1. The Balaban J connectivity index is 2.00. The van der Waals surface area contributed by atoms with E-state index in [1.165, 1.54) is 11.3 Å². The maximum Gasteiger partial charge on any atom is 0.331 e. The summed E-state index contributed by atoms with van der Waals surface area (Å²) in [7, 11) is 0. The summed E-state index contributed by atoms with van der Waals surface area (Å²) in [6.07, 6.45) is 1.73. The van der Waals surface area contributed by atoms with E-state index in [4.69, 9.17) is 5.11 Å². The molecule has 0 aromatic carbocycles. The molecular formula is C13H18N2O4S. The number of carboxylic acids is 1. The first-order valence-corrected chi connectivity index (χ1v) is 7.42. The second kappa shape index (κ2) is 6.71.